The van der Waals surface area contributed by atoms with Gasteiger partial charge in [-0.05, 0) is 53.9 Å². The summed E-state index contributed by atoms with van der Waals surface area (Å²) < 4.78 is 10.4. The molecule has 180 valence electrons. The Balaban J connectivity index is 1.93. The van der Waals surface area contributed by atoms with Crippen LogP contribution in [-0.2, 0) is 16.0 Å². The van der Waals surface area contributed by atoms with Gasteiger partial charge in [0.2, 0.25) is 0 Å². The molecule has 3 aromatic carbocycles. The van der Waals surface area contributed by atoms with Gasteiger partial charge < -0.3 is 14.6 Å². The number of aliphatic hydroxyl groups excluding tert-OH is 1. The Morgan fingerprint density at radius 2 is 1.54 bits per heavy atom. The smallest absolute Gasteiger partial charge is 0.300 e. The largest absolute Gasteiger partial charge is 0.507 e. The summed E-state index contributed by atoms with van der Waals surface area (Å²) in [6.45, 7) is 2.03. The first-order chi connectivity index (χ1) is 16.8. The van der Waals surface area contributed by atoms with Gasteiger partial charge in [-0.2, -0.15) is 0 Å². The molecule has 1 fully saturated rings. The number of benzene rings is 3. The predicted octanol–water partition coefficient (Wildman–Crippen LogP) is 6.20. The van der Waals surface area contributed by atoms with Crippen molar-refractivity contribution in [1.29, 1.82) is 0 Å². The molecule has 1 aliphatic heterocycles. The minimum Gasteiger partial charge on any atom is -0.507 e. The molecule has 0 saturated carbocycles. The lowest BCUT2D eigenvalue weighted by atomic mass is 9.95. The molecular weight excluding hydrogens is 489 g/mol. The van der Waals surface area contributed by atoms with Crippen molar-refractivity contribution in [2.45, 2.75) is 19.4 Å². The zero-order valence-electron chi connectivity index (χ0n) is 19.3. The maximum Gasteiger partial charge on any atom is 0.300 e. The maximum atomic E-state index is 13.3. The van der Waals surface area contributed by atoms with E-state index in [0.29, 0.717) is 17.0 Å². The number of carbonyl (C=O) groups excluding carboxylic acids is 2. The van der Waals surface area contributed by atoms with Crippen LogP contribution in [0.5, 0.6) is 11.5 Å². The number of hydrogen-bond donors (Lipinski definition) is 1. The summed E-state index contributed by atoms with van der Waals surface area (Å²) in [6, 6.07) is 16.4. The van der Waals surface area contributed by atoms with E-state index in [0.717, 1.165) is 12.0 Å². The topological polar surface area (TPSA) is 76.1 Å². The summed E-state index contributed by atoms with van der Waals surface area (Å²) >= 11 is 12.5. The minimum absolute atomic E-state index is 0.0722. The number of amides is 1. The van der Waals surface area contributed by atoms with Crippen LogP contribution in [0.25, 0.3) is 5.76 Å². The van der Waals surface area contributed by atoms with Crippen LogP contribution in [0, 0.1) is 0 Å². The Morgan fingerprint density at radius 1 is 0.943 bits per heavy atom. The second-order valence-corrected chi connectivity index (χ2v) is 8.75. The van der Waals surface area contributed by atoms with Crippen LogP contribution in [0.1, 0.15) is 29.7 Å². The summed E-state index contributed by atoms with van der Waals surface area (Å²) in [6.07, 6.45) is 0.833. The van der Waals surface area contributed by atoms with Crippen molar-refractivity contribution < 1.29 is 24.2 Å². The van der Waals surface area contributed by atoms with E-state index in [4.69, 9.17) is 32.7 Å². The van der Waals surface area contributed by atoms with Gasteiger partial charge in [0.1, 0.15) is 11.5 Å². The van der Waals surface area contributed by atoms with Crippen molar-refractivity contribution in [1.82, 2.24) is 0 Å². The van der Waals surface area contributed by atoms with Crippen molar-refractivity contribution in [3.63, 3.8) is 0 Å². The molecule has 0 aromatic heterocycles. The Bertz CT molecular complexity index is 1290. The van der Waals surface area contributed by atoms with Crippen LogP contribution < -0.4 is 14.4 Å². The standard InChI is InChI=1S/C27H23Cl2NO5/c1-4-15-5-9-18(10-6-15)30-23(16-7-11-19(34-2)12-8-16)22(25(32)27(30)33)24(31)17-13-20(28)26(35-3)21(29)14-17/h5-14,23,31H,4H2,1-3H3/b24-22+. The molecule has 1 aliphatic rings. The van der Waals surface area contributed by atoms with E-state index >= 15 is 0 Å². The molecule has 1 unspecified atom stereocenters. The minimum atomic E-state index is -0.881. The lowest BCUT2D eigenvalue weighted by Crippen LogP contribution is -2.29. The second-order valence-electron chi connectivity index (χ2n) is 7.94. The zero-order chi connectivity index (χ0) is 25.3. The number of halogens is 2. The summed E-state index contributed by atoms with van der Waals surface area (Å²) in [4.78, 5) is 28.0. The van der Waals surface area contributed by atoms with E-state index in [1.54, 1.807) is 43.5 Å². The molecule has 1 atom stereocenters. The first kappa shape index (κ1) is 24.6. The molecule has 0 aliphatic carbocycles. The van der Waals surface area contributed by atoms with Crippen molar-refractivity contribution in [2.24, 2.45) is 0 Å². The highest BCUT2D eigenvalue weighted by Gasteiger charge is 2.47. The van der Waals surface area contributed by atoms with Crippen LogP contribution in [0.15, 0.2) is 66.2 Å². The van der Waals surface area contributed by atoms with Gasteiger partial charge in [-0.3, -0.25) is 14.5 Å². The first-order valence-corrected chi connectivity index (χ1v) is 11.6. The van der Waals surface area contributed by atoms with Gasteiger partial charge >= 0.3 is 0 Å². The fourth-order valence-corrected chi connectivity index (χ4v) is 4.78. The monoisotopic (exact) mass is 511 g/mol. The van der Waals surface area contributed by atoms with Crippen molar-refractivity contribution >= 4 is 46.3 Å². The molecule has 1 saturated heterocycles. The van der Waals surface area contributed by atoms with Gasteiger partial charge in [-0.1, -0.05) is 54.4 Å². The highest BCUT2D eigenvalue weighted by Crippen LogP contribution is 2.44. The summed E-state index contributed by atoms with van der Waals surface area (Å²) in [5, 5.41) is 11.6. The van der Waals surface area contributed by atoms with E-state index in [1.807, 2.05) is 19.1 Å². The molecule has 1 amide bonds. The number of carbonyl (C=O) groups is 2. The highest BCUT2D eigenvalue weighted by molar-refractivity contribution is 6.51. The number of rotatable bonds is 6. The Morgan fingerprint density at radius 3 is 2.06 bits per heavy atom. The molecule has 0 bridgehead atoms. The highest BCUT2D eigenvalue weighted by atomic mass is 35.5. The fraction of sp³-hybridized carbons (Fsp3) is 0.185. The molecule has 3 aromatic rings. The van der Waals surface area contributed by atoms with Gasteiger partial charge in [0.25, 0.3) is 11.7 Å². The second kappa shape index (κ2) is 10.0. The molecular formula is C27H23Cl2NO5. The number of ether oxygens (including phenoxy) is 2. The average Bonchev–Trinajstić information content (AvgIpc) is 3.13. The number of aliphatic hydroxyl groups is 1. The molecule has 4 rings (SSSR count). The van der Waals surface area contributed by atoms with Crippen LogP contribution in [-0.4, -0.2) is 31.0 Å². The third kappa shape index (κ3) is 4.47. The van der Waals surface area contributed by atoms with Gasteiger partial charge in [0.15, 0.2) is 5.75 Å². The summed E-state index contributed by atoms with van der Waals surface area (Å²) in [5.41, 5.74) is 2.37. The summed E-state index contributed by atoms with van der Waals surface area (Å²) in [7, 11) is 2.97. The van der Waals surface area contributed by atoms with Crippen molar-refractivity contribution in [2.75, 3.05) is 19.1 Å². The van der Waals surface area contributed by atoms with E-state index in [2.05, 4.69) is 0 Å². The maximum absolute atomic E-state index is 13.3. The van der Waals surface area contributed by atoms with Crippen LogP contribution >= 0.6 is 23.2 Å². The van der Waals surface area contributed by atoms with E-state index in [-0.39, 0.29) is 32.7 Å². The zero-order valence-corrected chi connectivity index (χ0v) is 20.9. The average molecular weight is 512 g/mol. The van der Waals surface area contributed by atoms with Gasteiger partial charge in [-0.15, -0.1) is 0 Å². The van der Waals surface area contributed by atoms with Gasteiger partial charge in [-0.25, -0.2) is 0 Å². The number of hydrogen-bond acceptors (Lipinski definition) is 5. The number of nitrogens with zero attached hydrogens (tertiary/aromatic N) is 1. The van der Waals surface area contributed by atoms with Crippen LogP contribution in [0.4, 0.5) is 5.69 Å². The number of methoxy groups -OCH3 is 2. The van der Waals surface area contributed by atoms with E-state index < -0.39 is 17.7 Å². The third-order valence-electron chi connectivity index (χ3n) is 5.97. The normalized spacial score (nSPS) is 17.1. The summed E-state index contributed by atoms with van der Waals surface area (Å²) in [5.74, 6) is -1.09. The molecule has 35 heavy (non-hydrogen) atoms. The van der Waals surface area contributed by atoms with Crippen LogP contribution in [0.2, 0.25) is 10.0 Å². The van der Waals surface area contributed by atoms with Gasteiger partial charge in [0, 0.05) is 11.3 Å². The Hall–Kier alpha value is -3.48. The van der Waals surface area contributed by atoms with Crippen molar-refractivity contribution in [3.05, 3.63) is 93.0 Å². The first-order valence-electron chi connectivity index (χ1n) is 10.9. The predicted molar refractivity (Wildman–Crippen MR) is 137 cm³/mol. The number of aryl methyl sites for hydroxylation is 1. The van der Waals surface area contributed by atoms with Crippen LogP contribution in [0.3, 0.4) is 0 Å². The SMILES string of the molecule is CCc1ccc(N2C(=O)C(=O)/C(=C(/O)c3cc(Cl)c(OC)c(Cl)c3)C2c2ccc(OC)cc2)cc1. The molecule has 0 spiro atoms. The van der Waals surface area contributed by atoms with Gasteiger partial charge in [0.05, 0.1) is 35.9 Å². The molecule has 0 radical (unpaired) electrons. The number of ketones is 1. The molecule has 6 nitrogen and oxygen atoms in total. The Kier molecular flexibility index (Phi) is 7.05. The number of anilines is 1. The van der Waals surface area contributed by atoms with Crippen molar-refractivity contribution in [3.8, 4) is 11.5 Å². The molecule has 1 N–H and O–H groups in total. The fourth-order valence-electron chi connectivity index (χ4n) is 4.14. The number of Topliss-reactive ketones (excluding diaryl/α,β-unsaturated/α-hetero) is 1. The van der Waals surface area contributed by atoms with E-state index in [1.165, 1.54) is 24.1 Å². The molecule has 8 heteroatoms. The molecule has 1 heterocycles. The lowest BCUT2D eigenvalue weighted by Gasteiger charge is -2.26. The third-order valence-corrected chi connectivity index (χ3v) is 6.54. The quantitative estimate of drug-likeness (QED) is 0.242. The van der Waals surface area contributed by atoms with E-state index in [9.17, 15) is 14.7 Å². The Labute approximate surface area is 213 Å². The lowest BCUT2D eigenvalue weighted by molar-refractivity contribution is -0.132.